The molecule has 1 nitrogen and oxygen atoms in total. The minimum atomic E-state index is -3.28. The molecule has 5 rings (SSSR count). The van der Waals surface area contributed by atoms with Crippen molar-refractivity contribution in [3.63, 3.8) is 0 Å². The van der Waals surface area contributed by atoms with Crippen molar-refractivity contribution in [2.45, 2.75) is 133 Å². The average molecular weight is 595 g/mol. The Hall–Kier alpha value is -2.02. The van der Waals surface area contributed by atoms with Gasteiger partial charge in [0.05, 0.1) is 12.0 Å². The summed E-state index contributed by atoms with van der Waals surface area (Å²) < 4.78 is 91.5. The highest BCUT2D eigenvalue weighted by Gasteiger charge is 2.45. The van der Waals surface area contributed by atoms with E-state index in [4.69, 9.17) is 4.74 Å². The van der Waals surface area contributed by atoms with Crippen molar-refractivity contribution in [1.29, 1.82) is 0 Å². The van der Waals surface area contributed by atoms with Crippen molar-refractivity contribution in [3.8, 4) is 0 Å². The normalized spacial score (nSPS) is 29.0. The van der Waals surface area contributed by atoms with Gasteiger partial charge in [-0.15, -0.1) is 0 Å². The molecule has 3 fully saturated rings. The molecule has 0 bridgehead atoms. The minimum Gasteiger partial charge on any atom is -0.317 e. The molecule has 7 heteroatoms. The first kappa shape index (κ1) is 31.4. The van der Waals surface area contributed by atoms with Gasteiger partial charge in [-0.1, -0.05) is 38.3 Å². The second-order valence-electron chi connectivity index (χ2n) is 13.1. The van der Waals surface area contributed by atoms with Crippen LogP contribution >= 0.6 is 0 Å². The first-order valence-electron chi connectivity index (χ1n) is 16.1. The Morgan fingerprint density at radius 2 is 1.21 bits per heavy atom. The lowest BCUT2D eigenvalue weighted by atomic mass is 9.75. The molecular weight excluding hydrogens is 550 g/mol. The zero-order valence-corrected chi connectivity index (χ0v) is 24.6. The van der Waals surface area contributed by atoms with Crippen LogP contribution in [-0.2, 0) is 4.74 Å². The third-order valence-corrected chi connectivity index (χ3v) is 10.4. The summed E-state index contributed by atoms with van der Waals surface area (Å²) in [6.07, 6.45) is 7.62. The largest absolute Gasteiger partial charge is 0.358 e. The summed E-state index contributed by atoms with van der Waals surface area (Å²) in [6, 6.07) is 7.64. The van der Waals surface area contributed by atoms with Crippen LogP contribution < -0.4 is 0 Å². The number of ether oxygens (including phenoxy) is 1. The van der Waals surface area contributed by atoms with Gasteiger partial charge in [0.15, 0.2) is 17.5 Å². The van der Waals surface area contributed by atoms with E-state index >= 15 is 13.2 Å². The van der Waals surface area contributed by atoms with E-state index in [0.29, 0.717) is 55.6 Å². The summed E-state index contributed by atoms with van der Waals surface area (Å²) in [7, 11) is 0. The third kappa shape index (κ3) is 7.36. The molecule has 0 heterocycles. The highest BCUT2D eigenvalue weighted by Crippen LogP contribution is 2.46. The van der Waals surface area contributed by atoms with E-state index in [1.54, 1.807) is 6.07 Å². The summed E-state index contributed by atoms with van der Waals surface area (Å²) in [5.41, 5.74) is 2.07. The van der Waals surface area contributed by atoms with E-state index in [1.807, 2.05) is 6.07 Å². The number of hydrogen-bond donors (Lipinski definition) is 0. The Labute approximate surface area is 246 Å². The van der Waals surface area contributed by atoms with Crippen LogP contribution in [0.15, 0.2) is 30.3 Å². The summed E-state index contributed by atoms with van der Waals surface area (Å²) in [4.78, 5) is 0. The molecule has 0 N–H and O–H groups in total. The van der Waals surface area contributed by atoms with Crippen molar-refractivity contribution in [2.75, 3.05) is 0 Å². The molecular formula is C35H44F6O. The predicted molar refractivity (Wildman–Crippen MR) is 153 cm³/mol. The molecule has 0 amide bonds. The van der Waals surface area contributed by atoms with Crippen molar-refractivity contribution >= 4 is 0 Å². The van der Waals surface area contributed by atoms with Gasteiger partial charge in [0, 0.05) is 0 Å². The fourth-order valence-electron chi connectivity index (χ4n) is 7.79. The molecule has 0 saturated heterocycles. The van der Waals surface area contributed by atoms with Crippen LogP contribution in [0.25, 0.3) is 0 Å². The number of benzene rings is 2. The van der Waals surface area contributed by atoms with E-state index in [-0.39, 0.29) is 30.5 Å². The van der Waals surface area contributed by atoms with Crippen LogP contribution in [0.4, 0.5) is 26.3 Å². The van der Waals surface area contributed by atoms with Gasteiger partial charge in [-0.2, -0.15) is 8.78 Å². The Balaban J connectivity index is 1.09. The molecule has 3 saturated carbocycles. The molecule has 42 heavy (non-hydrogen) atoms. The van der Waals surface area contributed by atoms with Crippen LogP contribution in [0.2, 0.25) is 0 Å². The maximum absolute atomic E-state index is 15.3. The predicted octanol–water partition coefficient (Wildman–Crippen LogP) is 11.3. The molecule has 2 aromatic carbocycles. The second kappa shape index (κ2) is 13.7. The number of alkyl halides is 2. The van der Waals surface area contributed by atoms with Crippen LogP contribution in [0, 0.1) is 35.1 Å². The van der Waals surface area contributed by atoms with Crippen molar-refractivity contribution < 1.29 is 31.1 Å². The van der Waals surface area contributed by atoms with Crippen molar-refractivity contribution in [2.24, 2.45) is 11.8 Å². The van der Waals surface area contributed by atoms with Crippen molar-refractivity contribution in [1.82, 2.24) is 0 Å². The van der Waals surface area contributed by atoms with E-state index in [2.05, 4.69) is 13.0 Å². The summed E-state index contributed by atoms with van der Waals surface area (Å²) in [6.45, 7) is 2.23. The van der Waals surface area contributed by atoms with E-state index < -0.39 is 35.6 Å². The van der Waals surface area contributed by atoms with Gasteiger partial charge in [-0.05, 0) is 136 Å². The van der Waals surface area contributed by atoms with Gasteiger partial charge >= 0.3 is 6.11 Å². The van der Waals surface area contributed by atoms with E-state index in [9.17, 15) is 13.2 Å². The van der Waals surface area contributed by atoms with Gasteiger partial charge in [0.2, 0.25) is 0 Å². The summed E-state index contributed by atoms with van der Waals surface area (Å²) >= 11 is 0. The zero-order valence-electron chi connectivity index (χ0n) is 24.6. The molecule has 0 spiro atoms. The van der Waals surface area contributed by atoms with Gasteiger partial charge in [0.25, 0.3) is 0 Å². The van der Waals surface area contributed by atoms with Gasteiger partial charge in [0.1, 0.15) is 5.82 Å². The first-order chi connectivity index (χ1) is 20.1. The molecule has 2 aromatic rings. The lowest BCUT2D eigenvalue weighted by Crippen LogP contribution is -2.38. The first-order valence-corrected chi connectivity index (χ1v) is 16.1. The van der Waals surface area contributed by atoms with Gasteiger partial charge in [-0.25, -0.2) is 17.6 Å². The SMILES string of the molecule is CCCCC1CCC(c2ccc(C3CCC(C(F)(F)OC4CCC(c5cc(F)c(F)c(F)c5)CC4)CC3)c(F)c2)CC1. The molecule has 0 atom stereocenters. The monoisotopic (exact) mass is 594 g/mol. The smallest absolute Gasteiger partial charge is 0.317 e. The van der Waals surface area contributed by atoms with Crippen LogP contribution in [0.5, 0.6) is 0 Å². The maximum atomic E-state index is 15.3. The molecule has 0 radical (unpaired) electrons. The van der Waals surface area contributed by atoms with E-state index in [1.165, 1.54) is 32.1 Å². The Morgan fingerprint density at radius 3 is 1.81 bits per heavy atom. The summed E-state index contributed by atoms with van der Waals surface area (Å²) in [5.74, 6) is -4.17. The molecule has 0 aromatic heterocycles. The van der Waals surface area contributed by atoms with E-state index in [0.717, 1.165) is 36.5 Å². The Kier molecular flexibility index (Phi) is 10.3. The number of unbranched alkanes of at least 4 members (excludes halogenated alkanes) is 1. The Bertz CT molecular complexity index is 1150. The fraction of sp³-hybridized carbons (Fsp3) is 0.657. The zero-order chi connectivity index (χ0) is 29.9. The highest BCUT2D eigenvalue weighted by atomic mass is 19.3. The van der Waals surface area contributed by atoms with Gasteiger partial charge in [-0.3, -0.25) is 0 Å². The van der Waals surface area contributed by atoms with Crippen LogP contribution in [0.1, 0.15) is 138 Å². The highest BCUT2D eigenvalue weighted by molar-refractivity contribution is 5.30. The molecule has 3 aliphatic carbocycles. The minimum absolute atomic E-state index is 0.0668. The van der Waals surface area contributed by atoms with Crippen LogP contribution in [0.3, 0.4) is 0 Å². The van der Waals surface area contributed by atoms with Crippen LogP contribution in [-0.4, -0.2) is 12.2 Å². The molecule has 232 valence electrons. The molecule has 0 unspecified atom stereocenters. The van der Waals surface area contributed by atoms with Crippen molar-refractivity contribution in [3.05, 3.63) is 70.3 Å². The molecule has 3 aliphatic rings. The Morgan fingerprint density at radius 1 is 0.667 bits per heavy atom. The van der Waals surface area contributed by atoms with Gasteiger partial charge < -0.3 is 4.74 Å². The quantitative estimate of drug-likeness (QED) is 0.207. The number of hydrogen-bond acceptors (Lipinski definition) is 1. The topological polar surface area (TPSA) is 9.23 Å². The lowest BCUT2D eigenvalue weighted by molar-refractivity contribution is -0.300. The third-order valence-electron chi connectivity index (χ3n) is 10.4. The number of rotatable bonds is 9. The number of halogens is 6. The summed E-state index contributed by atoms with van der Waals surface area (Å²) in [5, 5.41) is 0. The fourth-order valence-corrected chi connectivity index (χ4v) is 7.79. The second-order valence-corrected chi connectivity index (χ2v) is 13.1. The average Bonchev–Trinajstić information content (AvgIpc) is 2.99. The molecule has 0 aliphatic heterocycles. The standard InChI is InChI=1S/C35H44F6O/c1-2-3-4-22-5-7-23(8-6-22)26-13-18-30(31(36)19-26)25-9-14-28(15-10-25)35(40,41)42-29-16-11-24(12-17-29)27-20-32(37)34(39)33(38)21-27/h13,18-25,28-29H,2-12,14-17H2,1H3. The maximum Gasteiger partial charge on any atom is 0.358 e. The lowest BCUT2D eigenvalue weighted by Gasteiger charge is -2.37.